The van der Waals surface area contributed by atoms with E-state index in [0.717, 1.165) is 6.42 Å². The van der Waals surface area contributed by atoms with Crippen LogP contribution in [-0.2, 0) is 14.9 Å². The minimum absolute atomic E-state index is 0.0669. The van der Waals surface area contributed by atoms with Crippen LogP contribution in [0, 0.1) is 5.92 Å². The molecule has 6 nitrogen and oxygen atoms in total. The topological polar surface area (TPSA) is 84.7 Å². The molecular weight excluding hydrogens is 230 g/mol. The Kier molecular flexibility index (Phi) is 5.13. The molecule has 3 N–H and O–H groups in total. The molecule has 2 unspecified atom stereocenters. The van der Waals surface area contributed by atoms with Crippen molar-refractivity contribution in [2.75, 3.05) is 33.4 Å². The van der Waals surface area contributed by atoms with Crippen molar-refractivity contribution in [3.05, 3.63) is 0 Å². The number of hydrogen-bond acceptors (Lipinski definition) is 4. The quantitative estimate of drug-likeness (QED) is 0.623. The van der Waals surface area contributed by atoms with Crippen molar-refractivity contribution >= 4 is 10.2 Å². The van der Waals surface area contributed by atoms with Gasteiger partial charge in [-0.1, -0.05) is 6.92 Å². The molecule has 1 aliphatic heterocycles. The lowest BCUT2D eigenvalue weighted by Gasteiger charge is -2.33. The molecule has 1 rings (SSSR count). The zero-order valence-corrected chi connectivity index (χ0v) is 10.7. The van der Waals surface area contributed by atoms with E-state index in [-0.39, 0.29) is 6.04 Å². The third-order valence-electron chi connectivity index (χ3n) is 2.59. The number of piperidine rings is 1. The van der Waals surface area contributed by atoms with E-state index in [2.05, 4.69) is 4.72 Å². The summed E-state index contributed by atoms with van der Waals surface area (Å²) in [6, 6.07) is -0.0669. The first-order valence-electron chi connectivity index (χ1n) is 5.45. The second-order valence-electron chi connectivity index (χ2n) is 4.31. The Hall–Kier alpha value is -0.210. The average molecular weight is 251 g/mol. The number of nitrogens with zero attached hydrogens (tertiary/aromatic N) is 1. The summed E-state index contributed by atoms with van der Waals surface area (Å²) in [6.07, 6.45) is 0.879. The van der Waals surface area contributed by atoms with E-state index in [4.69, 9.17) is 10.5 Å². The normalized spacial score (nSPS) is 28.2. The van der Waals surface area contributed by atoms with E-state index in [9.17, 15) is 8.42 Å². The Morgan fingerprint density at radius 1 is 1.50 bits per heavy atom. The number of rotatable bonds is 5. The van der Waals surface area contributed by atoms with Crippen molar-refractivity contribution in [1.82, 2.24) is 9.03 Å². The second-order valence-corrected chi connectivity index (χ2v) is 6.07. The summed E-state index contributed by atoms with van der Waals surface area (Å²) in [5.41, 5.74) is 5.81. The highest BCUT2D eigenvalue weighted by atomic mass is 32.2. The van der Waals surface area contributed by atoms with E-state index in [0.29, 0.717) is 32.2 Å². The standard InChI is InChI=1S/C9H21N3O3S/c1-8-5-9(10)7-12(6-8)16(13,14)11-3-4-15-2/h8-9,11H,3-7,10H2,1-2H3. The summed E-state index contributed by atoms with van der Waals surface area (Å²) in [7, 11) is -1.86. The molecule has 96 valence electrons. The number of nitrogens with one attached hydrogen (secondary N) is 1. The highest BCUT2D eigenvalue weighted by Gasteiger charge is 2.30. The molecule has 1 aliphatic rings. The molecule has 0 saturated carbocycles. The van der Waals surface area contributed by atoms with E-state index in [1.54, 1.807) is 0 Å². The van der Waals surface area contributed by atoms with Gasteiger partial charge in [-0.3, -0.25) is 0 Å². The highest BCUT2D eigenvalue weighted by Crippen LogP contribution is 2.16. The van der Waals surface area contributed by atoms with Gasteiger partial charge in [0.15, 0.2) is 0 Å². The minimum Gasteiger partial charge on any atom is -0.383 e. The zero-order chi connectivity index (χ0) is 12.2. The summed E-state index contributed by atoms with van der Waals surface area (Å²) >= 11 is 0. The molecule has 0 aromatic carbocycles. The fourth-order valence-corrected chi connectivity index (χ4v) is 3.27. The van der Waals surface area contributed by atoms with Crippen LogP contribution >= 0.6 is 0 Å². The molecule has 2 atom stereocenters. The highest BCUT2D eigenvalue weighted by molar-refractivity contribution is 7.87. The van der Waals surface area contributed by atoms with Crippen LogP contribution < -0.4 is 10.5 Å². The smallest absolute Gasteiger partial charge is 0.279 e. The van der Waals surface area contributed by atoms with Crippen LogP contribution in [-0.4, -0.2) is 52.1 Å². The molecule has 0 aromatic heterocycles. The van der Waals surface area contributed by atoms with Gasteiger partial charge in [-0.25, -0.2) is 0 Å². The second kappa shape index (κ2) is 5.92. The van der Waals surface area contributed by atoms with Gasteiger partial charge in [0, 0.05) is 32.8 Å². The summed E-state index contributed by atoms with van der Waals surface area (Å²) in [5, 5.41) is 0. The summed E-state index contributed by atoms with van der Waals surface area (Å²) < 4.78 is 32.4. The molecule has 0 radical (unpaired) electrons. The van der Waals surface area contributed by atoms with Gasteiger partial charge in [-0.15, -0.1) is 0 Å². The molecule has 0 aromatic rings. The van der Waals surface area contributed by atoms with Crippen molar-refractivity contribution in [2.45, 2.75) is 19.4 Å². The number of methoxy groups -OCH3 is 1. The van der Waals surface area contributed by atoms with Gasteiger partial charge >= 0.3 is 0 Å². The SMILES string of the molecule is COCCNS(=O)(=O)N1CC(C)CC(N)C1. The van der Waals surface area contributed by atoms with Crippen LogP contribution in [0.5, 0.6) is 0 Å². The van der Waals surface area contributed by atoms with Crippen LogP contribution in [0.15, 0.2) is 0 Å². The van der Waals surface area contributed by atoms with E-state index < -0.39 is 10.2 Å². The first kappa shape index (κ1) is 13.9. The largest absolute Gasteiger partial charge is 0.383 e. The summed E-state index contributed by atoms with van der Waals surface area (Å²) in [6.45, 7) is 3.60. The fraction of sp³-hybridized carbons (Fsp3) is 1.00. The minimum atomic E-state index is -3.40. The van der Waals surface area contributed by atoms with Crippen molar-refractivity contribution in [1.29, 1.82) is 0 Å². The molecule has 1 heterocycles. The van der Waals surface area contributed by atoms with Crippen LogP contribution in [0.4, 0.5) is 0 Å². The predicted octanol–water partition coefficient (Wildman–Crippen LogP) is -0.864. The third-order valence-corrected chi connectivity index (χ3v) is 4.14. The lowest BCUT2D eigenvalue weighted by molar-refractivity contribution is 0.202. The Labute approximate surface area is 97.3 Å². The molecule has 0 bridgehead atoms. The van der Waals surface area contributed by atoms with Gasteiger partial charge in [0.05, 0.1) is 6.61 Å². The van der Waals surface area contributed by atoms with Crippen molar-refractivity contribution < 1.29 is 13.2 Å². The zero-order valence-electron chi connectivity index (χ0n) is 9.85. The van der Waals surface area contributed by atoms with Crippen molar-refractivity contribution in [3.8, 4) is 0 Å². The number of ether oxygens (including phenoxy) is 1. The molecule has 0 amide bonds. The first-order chi connectivity index (χ1) is 7.45. The van der Waals surface area contributed by atoms with Crippen molar-refractivity contribution in [2.24, 2.45) is 11.7 Å². The number of nitrogens with two attached hydrogens (primary N) is 1. The van der Waals surface area contributed by atoms with Gasteiger partial charge in [0.1, 0.15) is 0 Å². The first-order valence-corrected chi connectivity index (χ1v) is 6.89. The summed E-state index contributed by atoms with van der Waals surface area (Å²) in [4.78, 5) is 0. The van der Waals surface area contributed by atoms with Crippen molar-refractivity contribution in [3.63, 3.8) is 0 Å². The van der Waals surface area contributed by atoms with E-state index in [1.165, 1.54) is 11.4 Å². The van der Waals surface area contributed by atoms with Crippen LogP contribution in [0.2, 0.25) is 0 Å². The molecule has 16 heavy (non-hydrogen) atoms. The Morgan fingerprint density at radius 2 is 2.19 bits per heavy atom. The van der Waals surface area contributed by atoms with Crippen LogP contribution in [0.1, 0.15) is 13.3 Å². The lowest BCUT2D eigenvalue weighted by atomic mass is 9.99. The van der Waals surface area contributed by atoms with Gasteiger partial charge in [0.2, 0.25) is 0 Å². The van der Waals surface area contributed by atoms with Crippen LogP contribution in [0.3, 0.4) is 0 Å². The lowest BCUT2D eigenvalue weighted by Crippen LogP contribution is -2.52. The molecule has 1 saturated heterocycles. The summed E-state index contributed by atoms with van der Waals surface area (Å²) in [5.74, 6) is 0.308. The maximum absolute atomic E-state index is 11.9. The Balaban J connectivity index is 2.53. The molecule has 0 aliphatic carbocycles. The monoisotopic (exact) mass is 251 g/mol. The maximum Gasteiger partial charge on any atom is 0.279 e. The van der Waals surface area contributed by atoms with Gasteiger partial charge < -0.3 is 10.5 Å². The predicted molar refractivity (Wildman–Crippen MR) is 62.1 cm³/mol. The molecule has 0 spiro atoms. The molecule has 1 fully saturated rings. The molecule has 7 heteroatoms. The average Bonchev–Trinajstić information content (AvgIpc) is 2.16. The maximum atomic E-state index is 11.9. The van der Waals surface area contributed by atoms with Gasteiger partial charge in [0.25, 0.3) is 10.2 Å². The fourth-order valence-electron chi connectivity index (χ4n) is 1.91. The number of hydrogen-bond donors (Lipinski definition) is 2. The van der Waals surface area contributed by atoms with E-state index >= 15 is 0 Å². The Morgan fingerprint density at radius 3 is 2.75 bits per heavy atom. The molecular formula is C9H21N3O3S. The van der Waals surface area contributed by atoms with Crippen LogP contribution in [0.25, 0.3) is 0 Å². The Bertz CT molecular complexity index is 297. The van der Waals surface area contributed by atoms with Gasteiger partial charge in [-0.2, -0.15) is 17.4 Å². The van der Waals surface area contributed by atoms with E-state index in [1.807, 2.05) is 6.92 Å². The third kappa shape index (κ3) is 3.99. The van der Waals surface area contributed by atoms with Gasteiger partial charge in [-0.05, 0) is 12.3 Å².